The zero-order valence-corrected chi connectivity index (χ0v) is 15.6. The summed E-state index contributed by atoms with van der Waals surface area (Å²) in [6.07, 6.45) is -2.09. The van der Waals surface area contributed by atoms with E-state index in [-0.39, 0.29) is 22.7 Å². The predicted molar refractivity (Wildman–Crippen MR) is 103 cm³/mol. The Bertz CT molecular complexity index is 1300. The first kappa shape index (κ1) is 20.1. The number of halogens is 3. The highest BCUT2D eigenvalue weighted by Crippen LogP contribution is 2.33. The van der Waals surface area contributed by atoms with Gasteiger partial charge in [0.15, 0.2) is 6.61 Å². The second-order valence-electron chi connectivity index (χ2n) is 6.36. The van der Waals surface area contributed by atoms with Gasteiger partial charge in [0.2, 0.25) is 0 Å². The van der Waals surface area contributed by atoms with E-state index in [0.29, 0.717) is 5.39 Å². The van der Waals surface area contributed by atoms with Crippen molar-refractivity contribution >= 4 is 22.6 Å². The number of ether oxygens (including phenoxy) is 1. The molecule has 0 aliphatic rings. The zero-order valence-electron chi connectivity index (χ0n) is 15.6. The topological polar surface area (TPSA) is 99.2 Å². The SMILES string of the molecule is O=C(COc1ccc2ccc(=O)oc2c1)Nc1cc(C(F)(F)F)ccc1-n1cncn1. The van der Waals surface area contributed by atoms with Crippen LogP contribution in [0.4, 0.5) is 18.9 Å². The van der Waals surface area contributed by atoms with Crippen LogP contribution >= 0.6 is 0 Å². The summed E-state index contributed by atoms with van der Waals surface area (Å²) in [4.78, 5) is 27.4. The molecule has 0 unspecified atom stereocenters. The summed E-state index contributed by atoms with van der Waals surface area (Å²) in [5, 5.41) is 6.95. The maximum Gasteiger partial charge on any atom is 0.416 e. The fourth-order valence-corrected chi connectivity index (χ4v) is 2.81. The molecule has 0 aliphatic heterocycles. The molecule has 0 bridgehead atoms. The van der Waals surface area contributed by atoms with E-state index in [9.17, 15) is 22.8 Å². The van der Waals surface area contributed by atoms with Crippen LogP contribution in [0.25, 0.3) is 16.7 Å². The van der Waals surface area contributed by atoms with E-state index in [1.807, 2.05) is 0 Å². The molecule has 31 heavy (non-hydrogen) atoms. The molecule has 0 saturated carbocycles. The van der Waals surface area contributed by atoms with E-state index in [2.05, 4.69) is 15.4 Å². The second kappa shape index (κ2) is 7.94. The molecule has 158 valence electrons. The third kappa shape index (κ3) is 4.55. The number of anilines is 1. The zero-order chi connectivity index (χ0) is 22.0. The van der Waals surface area contributed by atoms with Crippen LogP contribution in [0.2, 0.25) is 0 Å². The average Bonchev–Trinajstić information content (AvgIpc) is 3.26. The van der Waals surface area contributed by atoms with E-state index in [1.54, 1.807) is 18.2 Å². The van der Waals surface area contributed by atoms with Crippen LogP contribution in [-0.2, 0) is 11.0 Å². The van der Waals surface area contributed by atoms with Gasteiger partial charge in [0.25, 0.3) is 5.91 Å². The number of nitrogens with one attached hydrogen (secondary N) is 1. The lowest BCUT2D eigenvalue weighted by molar-refractivity contribution is -0.137. The van der Waals surface area contributed by atoms with Crippen molar-refractivity contribution in [2.24, 2.45) is 0 Å². The number of nitrogens with zero attached hydrogens (tertiary/aromatic N) is 3. The fraction of sp³-hybridized carbons (Fsp3) is 0.100. The van der Waals surface area contributed by atoms with Crippen molar-refractivity contribution < 1.29 is 27.1 Å². The Morgan fingerprint density at radius 3 is 2.68 bits per heavy atom. The Kier molecular flexibility index (Phi) is 5.15. The fourth-order valence-electron chi connectivity index (χ4n) is 2.81. The molecule has 4 aromatic rings. The van der Waals surface area contributed by atoms with Gasteiger partial charge in [0, 0.05) is 17.5 Å². The Morgan fingerprint density at radius 2 is 1.94 bits per heavy atom. The molecule has 1 N–H and O–H groups in total. The molecule has 2 aromatic heterocycles. The number of carbonyl (C=O) groups excluding carboxylic acids is 1. The maximum absolute atomic E-state index is 13.1. The largest absolute Gasteiger partial charge is 0.484 e. The van der Waals surface area contributed by atoms with Crippen LogP contribution in [0.5, 0.6) is 5.75 Å². The Hall–Kier alpha value is -4.15. The van der Waals surface area contributed by atoms with Gasteiger partial charge in [-0.15, -0.1) is 0 Å². The number of fused-ring (bicyclic) bond motifs is 1. The van der Waals surface area contributed by atoms with Gasteiger partial charge in [-0.1, -0.05) is 0 Å². The first-order valence-electron chi connectivity index (χ1n) is 8.82. The van der Waals surface area contributed by atoms with Crippen molar-refractivity contribution in [3.63, 3.8) is 0 Å². The Morgan fingerprint density at radius 1 is 1.13 bits per heavy atom. The Labute approximate surface area is 171 Å². The molecule has 11 heteroatoms. The van der Waals surface area contributed by atoms with Crippen molar-refractivity contribution in [1.29, 1.82) is 0 Å². The highest BCUT2D eigenvalue weighted by Gasteiger charge is 2.31. The number of alkyl halides is 3. The molecular formula is C20H13F3N4O4. The van der Waals surface area contributed by atoms with E-state index < -0.39 is 29.9 Å². The first-order valence-corrected chi connectivity index (χ1v) is 8.82. The minimum absolute atomic E-state index is 0.113. The molecule has 0 atom stereocenters. The predicted octanol–water partition coefficient (Wildman–Crippen LogP) is 3.41. The van der Waals surface area contributed by atoms with E-state index in [1.165, 1.54) is 35.5 Å². The molecule has 2 heterocycles. The number of aromatic nitrogens is 3. The first-order chi connectivity index (χ1) is 14.8. The monoisotopic (exact) mass is 430 g/mol. The quantitative estimate of drug-likeness (QED) is 0.487. The summed E-state index contributed by atoms with van der Waals surface area (Å²) in [5.41, 5.74) is -1.11. The number of carbonyl (C=O) groups is 1. The summed E-state index contributed by atoms with van der Waals surface area (Å²) < 4.78 is 51.0. The second-order valence-corrected chi connectivity index (χ2v) is 6.36. The van der Waals surface area contributed by atoms with Gasteiger partial charge in [0.05, 0.1) is 16.9 Å². The number of hydrogen-bond acceptors (Lipinski definition) is 6. The molecule has 2 aromatic carbocycles. The van der Waals surface area contributed by atoms with Gasteiger partial charge in [-0.25, -0.2) is 14.5 Å². The number of benzene rings is 2. The maximum atomic E-state index is 13.1. The molecule has 0 aliphatic carbocycles. The third-order valence-electron chi connectivity index (χ3n) is 4.23. The summed E-state index contributed by atoms with van der Waals surface area (Å²) >= 11 is 0. The number of amides is 1. The molecular weight excluding hydrogens is 417 g/mol. The van der Waals surface area contributed by atoms with Gasteiger partial charge in [-0.3, -0.25) is 4.79 Å². The summed E-state index contributed by atoms with van der Waals surface area (Å²) in [7, 11) is 0. The lowest BCUT2D eigenvalue weighted by atomic mass is 10.1. The highest BCUT2D eigenvalue weighted by atomic mass is 19.4. The molecule has 4 rings (SSSR count). The molecule has 1 amide bonds. The van der Waals surface area contributed by atoms with Crippen molar-refractivity contribution in [1.82, 2.24) is 14.8 Å². The van der Waals surface area contributed by atoms with Gasteiger partial charge >= 0.3 is 11.8 Å². The minimum Gasteiger partial charge on any atom is -0.484 e. The normalized spacial score (nSPS) is 11.5. The summed E-state index contributed by atoms with van der Waals surface area (Å²) in [6, 6.07) is 10.4. The smallest absolute Gasteiger partial charge is 0.416 e. The minimum atomic E-state index is -4.59. The Balaban J connectivity index is 1.53. The molecule has 0 spiro atoms. The van der Waals surface area contributed by atoms with Gasteiger partial charge in [0.1, 0.15) is 24.0 Å². The molecule has 0 radical (unpaired) electrons. The van der Waals surface area contributed by atoms with E-state index in [4.69, 9.17) is 9.15 Å². The van der Waals surface area contributed by atoms with E-state index >= 15 is 0 Å². The van der Waals surface area contributed by atoms with Gasteiger partial charge < -0.3 is 14.5 Å². The standard InChI is InChI=1S/C20H13F3N4O4/c21-20(22,23)13-3-5-16(27-11-24-10-25-27)15(7-13)26-18(28)9-30-14-4-1-12-2-6-19(29)31-17(12)8-14/h1-8,10-11H,9H2,(H,26,28). The van der Waals surface area contributed by atoms with Crippen molar-refractivity contribution in [2.45, 2.75) is 6.18 Å². The lowest BCUT2D eigenvalue weighted by Crippen LogP contribution is -2.21. The number of rotatable bonds is 5. The summed E-state index contributed by atoms with van der Waals surface area (Å²) in [6.45, 7) is -0.490. The van der Waals surface area contributed by atoms with E-state index in [0.717, 1.165) is 12.1 Å². The van der Waals surface area contributed by atoms with Gasteiger partial charge in [-0.2, -0.15) is 18.3 Å². The van der Waals surface area contributed by atoms with Crippen LogP contribution < -0.4 is 15.7 Å². The van der Waals surface area contributed by atoms with Crippen LogP contribution in [0, 0.1) is 0 Å². The van der Waals surface area contributed by atoms with Crippen LogP contribution in [0.3, 0.4) is 0 Å². The average molecular weight is 430 g/mol. The van der Waals surface area contributed by atoms with Crippen LogP contribution in [0.1, 0.15) is 5.56 Å². The van der Waals surface area contributed by atoms with Crippen molar-refractivity contribution in [3.05, 3.63) is 77.2 Å². The molecule has 0 fully saturated rings. The van der Waals surface area contributed by atoms with Gasteiger partial charge in [-0.05, 0) is 36.4 Å². The molecule has 0 saturated heterocycles. The summed E-state index contributed by atoms with van der Waals surface area (Å²) in [5.74, 6) is -0.451. The van der Waals surface area contributed by atoms with Crippen molar-refractivity contribution in [3.8, 4) is 11.4 Å². The van der Waals surface area contributed by atoms with Crippen LogP contribution in [-0.4, -0.2) is 27.3 Å². The molecule has 8 nitrogen and oxygen atoms in total. The third-order valence-corrected chi connectivity index (χ3v) is 4.23. The van der Waals surface area contributed by atoms with Crippen molar-refractivity contribution in [2.75, 3.05) is 11.9 Å². The van der Waals surface area contributed by atoms with Crippen LogP contribution in [0.15, 0.2) is 70.4 Å². The number of hydrogen-bond donors (Lipinski definition) is 1. The lowest BCUT2D eigenvalue weighted by Gasteiger charge is -2.14. The highest BCUT2D eigenvalue weighted by molar-refractivity contribution is 5.94.